The van der Waals surface area contributed by atoms with Gasteiger partial charge in [0.25, 0.3) is 10.7 Å². The highest BCUT2D eigenvalue weighted by Gasteiger charge is 2.14. The second kappa shape index (κ2) is 6.27. The van der Waals surface area contributed by atoms with E-state index in [0.29, 0.717) is 23.2 Å². The summed E-state index contributed by atoms with van der Waals surface area (Å²) in [4.78, 5) is 2.92. The van der Waals surface area contributed by atoms with Gasteiger partial charge in [0.15, 0.2) is 12.4 Å². The van der Waals surface area contributed by atoms with E-state index in [-0.39, 0.29) is 0 Å². The van der Waals surface area contributed by atoms with Crippen molar-refractivity contribution in [3.8, 4) is 11.7 Å². The van der Waals surface area contributed by atoms with E-state index in [4.69, 9.17) is 21.1 Å². The van der Waals surface area contributed by atoms with Crippen molar-refractivity contribution >= 4 is 39.5 Å². The molecule has 0 radical (unpaired) electrons. The molecule has 0 fully saturated rings. The summed E-state index contributed by atoms with van der Waals surface area (Å²) in [6, 6.07) is 7.77. The number of nitrogens with zero attached hydrogens (tertiary/aromatic N) is 2. The molecule has 3 heterocycles. The van der Waals surface area contributed by atoms with Crippen molar-refractivity contribution in [2.24, 2.45) is 0 Å². The monoisotopic (exact) mass is 386 g/mol. The number of thiophene rings is 1. The van der Waals surface area contributed by atoms with Gasteiger partial charge >= 0.3 is 0 Å². The fraction of sp³-hybridized carbons (Fsp3) is 0.231. The maximum atomic E-state index is 5.47. The van der Waals surface area contributed by atoms with Crippen LogP contribution in [0.2, 0.25) is 0 Å². The third-order valence-electron chi connectivity index (χ3n) is 2.86. The van der Waals surface area contributed by atoms with Gasteiger partial charge in [-0.1, -0.05) is 0 Å². The Balaban J connectivity index is 1.71. The van der Waals surface area contributed by atoms with Gasteiger partial charge in [0.2, 0.25) is 0 Å². The number of aromatic nitrogens is 2. The van der Waals surface area contributed by atoms with Crippen molar-refractivity contribution in [3.63, 3.8) is 0 Å². The molecule has 0 bridgehead atoms. The van der Waals surface area contributed by atoms with E-state index < -0.39 is 0 Å². The molecule has 0 aliphatic heterocycles. The van der Waals surface area contributed by atoms with Gasteiger partial charge in [-0.3, -0.25) is 0 Å². The lowest BCUT2D eigenvalue weighted by Gasteiger charge is -2.11. The van der Waals surface area contributed by atoms with Crippen LogP contribution in [-0.2, 0) is 13.2 Å². The van der Waals surface area contributed by atoms with Gasteiger partial charge < -0.3 is 13.7 Å². The molecule has 5 nitrogen and oxygen atoms in total. The minimum atomic E-state index is 0.355. The zero-order valence-electron chi connectivity index (χ0n) is 11.2. The highest BCUT2D eigenvalue weighted by molar-refractivity contribution is 9.11. The second-order valence-corrected chi connectivity index (χ2v) is 7.54. The Bertz CT molecular complexity index is 776. The van der Waals surface area contributed by atoms with E-state index in [2.05, 4.69) is 40.2 Å². The maximum absolute atomic E-state index is 5.47. The molecule has 1 atom stereocenters. The fourth-order valence-corrected chi connectivity index (χ4v) is 3.74. The lowest BCUT2D eigenvalue weighted by Crippen LogP contribution is -3.06. The van der Waals surface area contributed by atoms with E-state index in [9.17, 15) is 0 Å². The highest BCUT2D eigenvalue weighted by atomic mass is 79.9. The lowest BCUT2D eigenvalue weighted by atomic mass is 10.4. The van der Waals surface area contributed by atoms with E-state index in [0.717, 1.165) is 10.3 Å². The van der Waals surface area contributed by atoms with Gasteiger partial charge in [-0.15, -0.1) is 16.4 Å². The summed E-state index contributed by atoms with van der Waals surface area (Å²) < 4.78 is 13.6. The highest BCUT2D eigenvalue weighted by Crippen LogP contribution is 2.21. The number of hydrogen-bond acceptors (Lipinski definition) is 5. The summed E-state index contributed by atoms with van der Waals surface area (Å²) >= 11 is 10.4. The van der Waals surface area contributed by atoms with Gasteiger partial charge in [-0.25, -0.2) is 0 Å². The van der Waals surface area contributed by atoms with Crippen molar-refractivity contribution in [2.45, 2.75) is 13.2 Å². The molecule has 8 heteroatoms. The average Bonchev–Trinajstić information content (AvgIpc) is 3.13. The van der Waals surface area contributed by atoms with Crippen LogP contribution in [-0.4, -0.2) is 16.8 Å². The quantitative estimate of drug-likeness (QED) is 0.684. The third-order valence-corrected chi connectivity index (χ3v) is 4.78. The van der Waals surface area contributed by atoms with E-state index in [1.165, 1.54) is 9.78 Å². The van der Waals surface area contributed by atoms with Crippen LogP contribution >= 0.6 is 39.5 Å². The normalized spacial score (nSPS) is 12.7. The van der Waals surface area contributed by atoms with Crippen molar-refractivity contribution in [1.29, 1.82) is 0 Å². The van der Waals surface area contributed by atoms with Gasteiger partial charge in [-0.05, 0) is 52.4 Å². The summed E-state index contributed by atoms with van der Waals surface area (Å²) in [5, 5.41) is 4.36. The zero-order chi connectivity index (χ0) is 14.8. The minimum Gasteiger partial charge on any atom is -0.459 e. The van der Waals surface area contributed by atoms with Crippen LogP contribution in [0.4, 0.5) is 0 Å². The Kier molecular flexibility index (Phi) is 4.39. The molecule has 0 spiro atoms. The summed E-state index contributed by atoms with van der Waals surface area (Å²) in [6.07, 6.45) is 1.58. The van der Waals surface area contributed by atoms with Gasteiger partial charge in [0.05, 0.1) is 22.0 Å². The van der Waals surface area contributed by atoms with Gasteiger partial charge in [-0.2, -0.15) is 4.68 Å². The van der Waals surface area contributed by atoms with Crippen LogP contribution in [0, 0.1) is 4.84 Å². The second-order valence-electron chi connectivity index (χ2n) is 4.65. The predicted molar refractivity (Wildman–Crippen MR) is 85.6 cm³/mol. The van der Waals surface area contributed by atoms with Crippen LogP contribution in [0.25, 0.3) is 11.7 Å². The number of rotatable bonds is 5. The molecule has 0 aromatic carbocycles. The summed E-state index contributed by atoms with van der Waals surface area (Å²) in [7, 11) is 2.09. The van der Waals surface area contributed by atoms with Crippen molar-refractivity contribution in [3.05, 3.63) is 44.0 Å². The van der Waals surface area contributed by atoms with Crippen LogP contribution in [0.15, 0.2) is 43.1 Å². The fourth-order valence-electron chi connectivity index (χ4n) is 1.96. The van der Waals surface area contributed by atoms with Gasteiger partial charge in [0, 0.05) is 0 Å². The van der Waals surface area contributed by atoms with E-state index >= 15 is 0 Å². The molecule has 3 aromatic heterocycles. The van der Waals surface area contributed by atoms with E-state index in [1.807, 2.05) is 0 Å². The molecule has 0 aliphatic carbocycles. The van der Waals surface area contributed by atoms with Crippen LogP contribution in [0.5, 0.6) is 0 Å². The van der Waals surface area contributed by atoms with Crippen molar-refractivity contribution < 1.29 is 13.7 Å². The third kappa shape index (κ3) is 3.52. The molecule has 0 saturated heterocycles. The molecule has 0 aliphatic rings. The number of halogens is 1. The minimum absolute atomic E-state index is 0.355. The first kappa shape index (κ1) is 14.7. The van der Waals surface area contributed by atoms with Crippen molar-refractivity contribution in [2.75, 3.05) is 7.05 Å². The predicted octanol–water partition coefficient (Wildman–Crippen LogP) is 2.96. The molecule has 3 aromatic rings. The zero-order valence-corrected chi connectivity index (χ0v) is 14.4. The molecule has 1 N–H and O–H groups in total. The Labute approximate surface area is 138 Å². The van der Waals surface area contributed by atoms with Crippen molar-refractivity contribution in [1.82, 2.24) is 9.78 Å². The Hall–Kier alpha value is -1.22. The molecule has 0 saturated carbocycles. The number of quaternary nitrogens is 1. The summed E-state index contributed by atoms with van der Waals surface area (Å²) in [5.41, 5.74) is 0. The average molecular weight is 387 g/mol. The van der Waals surface area contributed by atoms with Crippen LogP contribution < -0.4 is 4.90 Å². The standard InChI is InChI=1S/C13H12BrN3O2S2/c1-16(7-9-4-5-11(14)21-9)8-17-13(20)19-12(15-17)10-3-2-6-18-10/h2-6H,7-8H2,1H3/p+1. The molecule has 0 amide bonds. The summed E-state index contributed by atoms with van der Waals surface area (Å²) in [5.74, 6) is 0.997. The SMILES string of the molecule is C[NH+](Cc1ccc(Br)s1)Cn1nc(-c2ccco2)oc1=S. The Morgan fingerprint density at radius 3 is 2.95 bits per heavy atom. The Morgan fingerprint density at radius 2 is 2.29 bits per heavy atom. The molecule has 3 rings (SSSR count). The van der Waals surface area contributed by atoms with Gasteiger partial charge in [0.1, 0.15) is 6.54 Å². The van der Waals surface area contributed by atoms with Crippen LogP contribution in [0.3, 0.4) is 0 Å². The molecule has 110 valence electrons. The van der Waals surface area contributed by atoms with Crippen LogP contribution in [0.1, 0.15) is 4.88 Å². The topological polar surface area (TPSA) is 48.5 Å². The summed E-state index contributed by atoms with van der Waals surface area (Å²) in [6.45, 7) is 1.54. The molecule has 1 unspecified atom stereocenters. The first-order valence-corrected chi connectivity index (χ1v) is 8.31. The number of nitrogens with one attached hydrogen (secondary N) is 1. The maximum Gasteiger partial charge on any atom is 0.292 e. The molecule has 21 heavy (non-hydrogen) atoms. The molecular weight excluding hydrogens is 374 g/mol. The number of hydrogen-bond donors (Lipinski definition) is 1. The number of furan rings is 1. The molecular formula is C13H13BrN3O2S2+. The lowest BCUT2D eigenvalue weighted by molar-refractivity contribution is -0.917. The first-order chi connectivity index (χ1) is 10.1. The van der Waals surface area contributed by atoms with E-state index in [1.54, 1.807) is 34.4 Å². The first-order valence-electron chi connectivity index (χ1n) is 6.29. The smallest absolute Gasteiger partial charge is 0.292 e. The Morgan fingerprint density at radius 1 is 1.43 bits per heavy atom. The largest absolute Gasteiger partial charge is 0.459 e.